The van der Waals surface area contributed by atoms with E-state index in [0.29, 0.717) is 5.56 Å². The van der Waals surface area contributed by atoms with E-state index in [0.717, 1.165) is 18.4 Å². The second-order valence-electron chi connectivity index (χ2n) is 4.67. The van der Waals surface area contributed by atoms with Crippen molar-refractivity contribution in [3.63, 3.8) is 0 Å². The Morgan fingerprint density at radius 3 is 2.40 bits per heavy atom. The monoisotopic (exact) mass is 265 g/mol. The van der Waals surface area contributed by atoms with E-state index in [1.165, 1.54) is 17.4 Å². The molecule has 0 amide bonds. The van der Waals surface area contributed by atoms with E-state index in [4.69, 9.17) is 5.26 Å². The van der Waals surface area contributed by atoms with Gasteiger partial charge in [0.15, 0.2) is 0 Å². The Balaban J connectivity index is 2.05. The molecule has 2 rings (SSSR count). The van der Waals surface area contributed by atoms with Gasteiger partial charge >= 0.3 is 5.97 Å². The molecule has 0 aliphatic rings. The van der Waals surface area contributed by atoms with E-state index in [1.807, 2.05) is 12.1 Å². The molecule has 0 aromatic heterocycles. The van der Waals surface area contributed by atoms with Gasteiger partial charge in [-0.2, -0.15) is 0 Å². The zero-order valence-electron chi connectivity index (χ0n) is 11.3. The molecule has 0 saturated carbocycles. The molecule has 2 aromatic carbocycles. The SMILES string of the molecule is Cc1cccc(CCc2cccc(C(=O)OC#N)c2)c1. The van der Waals surface area contributed by atoms with Gasteiger partial charge in [-0.15, -0.1) is 5.26 Å². The number of esters is 1. The first-order valence-electron chi connectivity index (χ1n) is 6.44. The lowest BCUT2D eigenvalue weighted by Crippen LogP contribution is -2.02. The van der Waals surface area contributed by atoms with E-state index in [9.17, 15) is 4.79 Å². The van der Waals surface area contributed by atoms with Crippen molar-refractivity contribution < 1.29 is 9.53 Å². The Bertz CT molecular complexity index is 656. The quantitative estimate of drug-likeness (QED) is 0.628. The molecule has 0 bridgehead atoms. The lowest BCUT2D eigenvalue weighted by Gasteiger charge is -2.05. The average molecular weight is 265 g/mol. The maximum Gasteiger partial charge on any atom is 0.353 e. The highest BCUT2D eigenvalue weighted by molar-refractivity contribution is 5.90. The summed E-state index contributed by atoms with van der Waals surface area (Å²) in [6.45, 7) is 2.07. The van der Waals surface area contributed by atoms with Crippen LogP contribution in [0.1, 0.15) is 27.0 Å². The summed E-state index contributed by atoms with van der Waals surface area (Å²) in [6.07, 6.45) is 3.16. The van der Waals surface area contributed by atoms with Crippen molar-refractivity contribution in [1.82, 2.24) is 0 Å². The number of carbonyl (C=O) groups excluding carboxylic acids is 1. The Morgan fingerprint density at radius 1 is 1.10 bits per heavy atom. The molecule has 0 radical (unpaired) electrons. The molecule has 0 saturated heterocycles. The van der Waals surface area contributed by atoms with Gasteiger partial charge in [0.1, 0.15) is 0 Å². The van der Waals surface area contributed by atoms with Gasteiger partial charge < -0.3 is 4.74 Å². The smallest absolute Gasteiger partial charge is 0.347 e. The van der Waals surface area contributed by atoms with E-state index < -0.39 is 5.97 Å². The van der Waals surface area contributed by atoms with Crippen molar-refractivity contribution >= 4 is 5.97 Å². The molecule has 0 aliphatic heterocycles. The fraction of sp³-hybridized carbons (Fsp3) is 0.176. The lowest BCUT2D eigenvalue weighted by atomic mass is 10.0. The first-order valence-corrected chi connectivity index (χ1v) is 6.44. The van der Waals surface area contributed by atoms with Gasteiger partial charge in [-0.3, -0.25) is 0 Å². The standard InChI is InChI=1S/C17H15NO2/c1-13-4-2-5-14(10-13)8-9-15-6-3-7-16(11-15)17(19)20-12-18/h2-7,10-11H,8-9H2,1H3. The van der Waals surface area contributed by atoms with Crippen molar-refractivity contribution in [2.24, 2.45) is 0 Å². The van der Waals surface area contributed by atoms with Crippen LogP contribution in [0.4, 0.5) is 0 Å². The van der Waals surface area contributed by atoms with E-state index in [2.05, 4.69) is 29.9 Å². The highest BCUT2D eigenvalue weighted by Crippen LogP contribution is 2.12. The minimum Gasteiger partial charge on any atom is -0.347 e. The summed E-state index contributed by atoms with van der Waals surface area (Å²) in [5.41, 5.74) is 3.98. The van der Waals surface area contributed by atoms with Gasteiger partial charge in [0.05, 0.1) is 5.56 Å². The molecular weight excluding hydrogens is 250 g/mol. The summed E-state index contributed by atoms with van der Waals surface area (Å²) in [7, 11) is 0. The molecule has 0 heterocycles. The molecule has 100 valence electrons. The van der Waals surface area contributed by atoms with Gasteiger partial charge in [-0.05, 0) is 43.0 Å². The maximum atomic E-state index is 11.5. The number of hydrogen-bond donors (Lipinski definition) is 0. The van der Waals surface area contributed by atoms with Gasteiger partial charge in [-0.25, -0.2) is 4.79 Å². The van der Waals surface area contributed by atoms with Crippen LogP contribution in [0.2, 0.25) is 0 Å². The molecular formula is C17H15NO2. The van der Waals surface area contributed by atoms with Crippen LogP contribution in [-0.2, 0) is 17.6 Å². The molecule has 3 heteroatoms. The predicted molar refractivity (Wildman–Crippen MR) is 76.1 cm³/mol. The molecule has 2 aromatic rings. The van der Waals surface area contributed by atoms with E-state index >= 15 is 0 Å². The summed E-state index contributed by atoms with van der Waals surface area (Å²) >= 11 is 0. The van der Waals surface area contributed by atoms with Crippen LogP contribution in [-0.4, -0.2) is 5.97 Å². The van der Waals surface area contributed by atoms with Crippen LogP contribution < -0.4 is 0 Å². The van der Waals surface area contributed by atoms with E-state index in [1.54, 1.807) is 18.2 Å². The van der Waals surface area contributed by atoms with Gasteiger partial charge in [-0.1, -0.05) is 42.0 Å². The van der Waals surface area contributed by atoms with Crippen LogP contribution in [0.3, 0.4) is 0 Å². The third-order valence-electron chi connectivity index (χ3n) is 3.09. The first kappa shape index (κ1) is 13.8. The summed E-state index contributed by atoms with van der Waals surface area (Å²) in [5, 5.41) is 8.35. The third kappa shape index (κ3) is 3.69. The summed E-state index contributed by atoms with van der Waals surface area (Å²) in [6, 6.07) is 15.6. The van der Waals surface area contributed by atoms with E-state index in [-0.39, 0.29) is 0 Å². The Kier molecular flexibility index (Phi) is 4.52. The minimum absolute atomic E-state index is 0.410. The molecule has 0 N–H and O–H groups in total. The van der Waals surface area contributed by atoms with Crippen LogP contribution in [0.5, 0.6) is 0 Å². The number of ether oxygens (including phenoxy) is 1. The molecule has 0 unspecified atom stereocenters. The van der Waals surface area contributed by atoms with Crippen molar-refractivity contribution in [3.8, 4) is 6.26 Å². The molecule has 0 spiro atoms. The predicted octanol–water partition coefficient (Wildman–Crippen LogP) is 3.42. The number of rotatable bonds is 4. The Labute approximate surface area is 118 Å². The zero-order valence-corrected chi connectivity index (χ0v) is 11.3. The van der Waals surface area contributed by atoms with Gasteiger partial charge in [0, 0.05) is 0 Å². The van der Waals surface area contributed by atoms with Crippen molar-refractivity contribution in [1.29, 1.82) is 5.26 Å². The number of carbonyl (C=O) groups is 1. The lowest BCUT2D eigenvalue weighted by molar-refractivity contribution is 0.0685. The van der Waals surface area contributed by atoms with Crippen molar-refractivity contribution in [3.05, 3.63) is 70.8 Å². The topological polar surface area (TPSA) is 50.1 Å². The second-order valence-corrected chi connectivity index (χ2v) is 4.67. The van der Waals surface area contributed by atoms with Crippen molar-refractivity contribution in [2.75, 3.05) is 0 Å². The van der Waals surface area contributed by atoms with Crippen molar-refractivity contribution in [2.45, 2.75) is 19.8 Å². The molecule has 3 nitrogen and oxygen atoms in total. The van der Waals surface area contributed by atoms with Gasteiger partial charge in [0.25, 0.3) is 6.26 Å². The molecule has 0 fully saturated rings. The number of hydrogen-bond acceptors (Lipinski definition) is 3. The highest BCUT2D eigenvalue weighted by Gasteiger charge is 2.07. The molecule has 20 heavy (non-hydrogen) atoms. The highest BCUT2D eigenvalue weighted by atomic mass is 16.5. The second kappa shape index (κ2) is 6.53. The minimum atomic E-state index is -0.607. The van der Waals surface area contributed by atoms with Crippen LogP contribution in [0.15, 0.2) is 48.5 Å². The number of nitriles is 1. The largest absolute Gasteiger partial charge is 0.353 e. The maximum absolute atomic E-state index is 11.5. The fourth-order valence-electron chi connectivity index (χ4n) is 2.11. The van der Waals surface area contributed by atoms with Crippen LogP contribution in [0, 0.1) is 18.4 Å². The normalized spacial score (nSPS) is 9.80. The fourth-order valence-corrected chi connectivity index (χ4v) is 2.11. The average Bonchev–Trinajstić information content (AvgIpc) is 2.46. The third-order valence-corrected chi connectivity index (χ3v) is 3.09. The number of aryl methyl sites for hydroxylation is 3. The summed E-state index contributed by atoms with van der Waals surface area (Å²) < 4.78 is 4.33. The Morgan fingerprint density at radius 2 is 1.75 bits per heavy atom. The Hall–Kier alpha value is -2.60. The number of nitrogens with zero attached hydrogens (tertiary/aromatic N) is 1. The molecule has 0 aliphatic carbocycles. The summed E-state index contributed by atoms with van der Waals surface area (Å²) in [4.78, 5) is 11.5. The summed E-state index contributed by atoms with van der Waals surface area (Å²) in [5.74, 6) is -0.607. The molecule has 0 atom stereocenters. The zero-order chi connectivity index (χ0) is 14.4. The van der Waals surface area contributed by atoms with Gasteiger partial charge in [0.2, 0.25) is 0 Å². The van der Waals surface area contributed by atoms with Crippen LogP contribution >= 0.6 is 0 Å². The van der Waals surface area contributed by atoms with Crippen LogP contribution in [0.25, 0.3) is 0 Å². The first-order chi connectivity index (χ1) is 9.69. The number of benzene rings is 2.